The van der Waals surface area contributed by atoms with Gasteiger partial charge in [0.25, 0.3) is 0 Å². The molecule has 1 aliphatic heterocycles. The zero-order valence-corrected chi connectivity index (χ0v) is 8.70. The summed E-state index contributed by atoms with van der Waals surface area (Å²) in [5, 5.41) is 9.03. The second-order valence-electron chi connectivity index (χ2n) is 3.86. The molecule has 2 unspecified atom stereocenters. The maximum atomic E-state index is 9.03. The van der Waals surface area contributed by atoms with E-state index in [1.54, 1.807) is 7.11 Å². The molecule has 0 aliphatic carbocycles. The summed E-state index contributed by atoms with van der Waals surface area (Å²) < 4.78 is 5.34. The number of hydrogen-bond donors (Lipinski definition) is 1. The van der Waals surface area contributed by atoms with E-state index in [0.717, 1.165) is 25.9 Å². The number of ether oxygens (including phenoxy) is 1. The van der Waals surface area contributed by atoms with Crippen molar-refractivity contribution in [2.75, 3.05) is 26.8 Å². The predicted octanol–water partition coefficient (Wildman–Crippen LogP) is 0.868. The van der Waals surface area contributed by atoms with Gasteiger partial charge >= 0.3 is 0 Å². The number of nitrogens with zero attached hydrogens (tertiary/aromatic N) is 1. The first-order valence-corrected chi connectivity index (χ1v) is 5.15. The van der Waals surface area contributed by atoms with Gasteiger partial charge in [-0.25, -0.2) is 0 Å². The molecule has 0 aromatic rings. The lowest BCUT2D eigenvalue weighted by molar-refractivity contribution is 0.0844. The van der Waals surface area contributed by atoms with Crippen molar-refractivity contribution < 1.29 is 9.84 Å². The molecule has 13 heavy (non-hydrogen) atoms. The minimum atomic E-state index is 0.262. The van der Waals surface area contributed by atoms with Crippen LogP contribution in [0.5, 0.6) is 0 Å². The van der Waals surface area contributed by atoms with Crippen molar-refractivity contribution in [3.05, 3.63) is 0 Å². The van der Waals surface area contributed by atoms with E-state index in [0.29, 0.717) is 12.1 Å². The summed E-state index contributed by atoms with van der Waals surface area (Å²) in [6.45, 7) is 4.49. The normalized spacial score (nSPS) is 28.4. The molecule has 1 saturated heterocycles. The zero-order valence-electron chi connectivity index (χ0n) is 8.70. The molecule has 0 aromatic carbocycles. The fourth-order valence-electron chi connectivity index (χ4n) is 1.88. The maximum absolute atomic E-state index is 9.03. The Morgan fingerprint density at radius 1 is 1.46 bits per heavy atom. The van der Waals surface area contributed by atoms with Crippen LogP contribution in [0.25, 0.3) is 0 Å². The third kappa shape index (κ3) is 3.25. The van der Waals surface area contributed by atoms with Gasteiger partial charge in [0, 0.05) is 19.7 Å². The first-order valence-electron chi connectivity index (χ1n) is 5.15. The Kier molecular flexibility index (Phi) is 4.70. The Morgan fingerprint density at radius 2 is 2.23 bits per heavy atom. The van der Waals surface area contributed by atoms with Crippen LogP contribution in [-0.2, 0) is 4.74 Å². The molecule has 3 heteroatoms. The van der Waals surface area contributed by atoms with Gasteiger partial charge in [-0.3, -0.25) is 4.90 Å². The van der Waals surface area contributed by atoms with E-state index in [9.17, 15) is 0 Å². The molecule has 0 spiro atoms. The van der Waals surface area contributed by atoms with Crippen LogP contribution in [0.4, 0.5) is 0 Å². The highest BCUT2D eigenvalue weighted by molar-refractivity contribution is 4.73. The van der Waals surface area contributed by atoms with Gasteiger partial charge in [-0.2, -0.15) is 0 Å². The van der Waals surface area contributed by atoms with E-state index in [1.165, 1.54) is 6.42 Å². The van der Waals surface area contributed by atoms with Crippen LogP contribution in [0.1, 0.15) is 26.2 Å². The number of likely N-dealkylation sites (tertiary alicyclic amines) is 1. The Hall–Kier alpha value is -0.120. The Balaban J connectivity index is 2.35. The SMILES string of the molecule is COC1CCCN(C(C)CO)CC1. The second kappa shape index (κ2) is 5.58. The molecule has 3 nitrogen and oxygen atoms in total. The summed E-state index contributed by atoms with van der Waals surface area (Å²) in [6, 6.07) is 0.301. The summed E-state index contributed by atoms with van der Waals surface area (Å²) >= 11 is 0. The van der Waals surface area contributed by atoms with Crippen LogP contribution < -0.4 is 0 Å². The fourth-order valence-corrected chi connectivity index (χ4v) is 1.88. The number of methoxy groups -OCH3 is 1. The number of rotatable bonds is 3. The molecule has 0 aromatic heterocycles. The largest absolute Gasteiger partial charge is 0.395 e. The lowest BCUT2D eigenvalue weighted by atomic mass is 10.2. The average Bonchev–Trinajstić information content (AvgIpc) is 2.41. The van der Waals surface area contributed by atoms with Gasteiger partial charge in [-0.15, -0.1) is 0 Å². The van der Waals surface area contributed by atoms with E-state index in [4.69, 9.17) is 9.84 Å². The summed E-state index contributed by atoms with van der Waals surface area (Å²) in [7, 11) is 1.79. The van der Waals surface area contributed by atoms with Crippen molar-refractivity contribution in [3.63, 3.8) is 0 Å². The minimum absolute atomic E-state index is 0.262. The quantitative estimate of drug-likeness (QED) is 0.711. The number of aliphatic hydroxyl groups is 1. The minimum Gasteiger partial charge on any atom is -0.395 e. The molecule has 1 N–H and O–H groups in total. The summed E-state index contributed by atoms with van der Waals surface area (Å²) in [5.74, 6) is 0. The van der Waals surface area contributed by atoms with Crippen molar-refractivity contribution in [2.24, 2.45) is 0 Å². The van der Waals surface area contributed by atoms with Gasteiger partial charge in [-0.05, 0) is 32.7 Å². The van der Waals surface area contributed by atoms with E-state index in [-0.39, 0.29) is 6.61 Å². The number of hydrogen-bond acceptors (Lipinski definition) is 3. The van der Waals surface area contributed by atoms with Gasteiger partial charge in [0.05, 0.1) is 12.7 Å². The van der Waals surface area contributed by atoms with Gasteiger partial charge in [0.2, 0.25) is 0 Å². The predicted molar refractivity (Wildman–Crippen MR) is 52.8 cm³/mol. The third-order valence-electron chi connectivity index (χ3n) is 2.93. The van der Waals surface area contributed by atoms with E-state index in [2.05, 4.69) is 11.8 Å². The van der Waals surface area contributed by atoms with Crippen LogP contribution in [0.2, 0.25) is 0 Å². The van der Waals surface area contributed by atoms with Crippen molar-refractivity contribution in [2.45, 2.75) is 38.3 Å². The number of aliphatic hydroxyl groups excluding tert-OH is 1. The first-order chi connectivity index (χ1) is 6.27. The first kappa shape index (κ1) is 11.0. The molecule has 1 rings (SSSR count). The van der Waals surface area contributed by atoms with Crippen LogP contribution in [-0.4, -0.2) is 49.0 Å². The lowest BCUT2D eigenvalue weighted by Gasteiger charge is -2.25. The molecule has 1 aliphatic rings. The molecule has 0 bridgehead atoms. The summed E-state index contributed by atoms with van der Waals surface area (Å²) in [6.07, 6.45) is 3.87. The van der Waals surface area contributed by atoms with Gasteiger partial charge in [-0.1, -0.05) is 0 Å². The molecule has 0 radical (unpaired) electrons. The van der Waals surface area contributed by atoms with Crippen LogP contribution in [0.15, 0.2) is 0 Å². The average molecular weight is 187 g/mol. The van der Waals surface area contributed by atoms with Crippen LogP contribution >= 0.6 is 0 Å². The van der Waals surface area contributed by atoms with Crippen molar-refractivity contribution in [3.8, 4) is 0 Å². The van der Waals surface area contributed by atoms with Crippen molar-refractivity contribution in [1.82, 2.24) is 4.90 Å². The topological polar surface area (TPSA) is 32.7 Å². The van der Waals surface area contributed by atoms with Gasteiger partial charge < -0.3 is 9.84 Å². The third-order valence-corrected chi connectivity index (χ3v) is 2.93. The summed E-state index contributed by atoms with van der Waals surface area (Å²) in [5.41, 5.74) is 0. The van der Waals surface area contributed by atoms with E-state index < -0.39 is 0 Å². The highest BCUT2D eigenvalue weighted by Crippen LogP contribution is 2.15. The summed E-state index contributed by atoms with van der Waals surface area (Å²) in [4.78, 5) is 2.35. The molecule has 0 amide bonds. The van der Waals surface area contributed by atoms with Crippen molar-refractivity contribution >= 4 is 0 Å². The Morgan fingerprint density at radius 3 is 2.85 bits per heavy atom. The molecule has 1 fully saturated rings. The van der Waals surface area contributed by atoms with E-state index >= 15 is 0 Å². The standard InChI is InChI=1S/C10H21NO2/c1-9(8-12)11-6-3-4-10(13-2)5-7-11/h9-10,12H,3-8H2,1-2H3. The highest BCUT2D eigenvalue weighted by atomic mass is 16.5. The highest BCUT2D eigenvalue weighted by Gasteiger charge is 2.19. The molecule has 1 heterocycles. The Labute approximate surface area is 80.7 Å². The Bertz CT molecular complexity index is 141. The van der Waals surface area contributed by atoms with Gasteiger partial charge in [0.1, 0.15) is 0 Å². The van der Waals surface area contributed by atoms with Crippen LogP contribution in [0.3, 0.4) is 0 Å². The molecular weight excluding hydrogens is 166 g/mol. The zero-order chi connectivity index (χ0) is 9.68. The molecule has 2 atom stereocenters. The van der Waals surface area contributed by atoms with Crippen molar-refractivity contribution in [1.29, 1.82) is 0 Å². The monoisotopic (exact) mass is 187 g/mol. The van der Waals surface area contributed by atoms with Gasteiger partial charge in [0.15, 0.2) is 0 Å². The molecule has 78 valence electrons. The maximum Gasteiger partial charge on any atom is 0.0584 e. The fraction of sp³-hybridized carbons (Fsp3) is 1.00. The molecular formula is C10H21NO2. The van der Waals surface area contributed by atoms with E-state index in [1.807, 2.05) is 0 Å². The van der Waals surface area contributed by atoms with Crippen LogP contribution in [0, 0.1) is 0 Å². The lowest BCUT2D eigenvalue weighted by Crippen LogP contribution is -2.36. The smallest absolute Gasteiger partial charge is 0.0584 e. The second-order valence-corrected chi connectivity index (χ2v) is 3.86. The molecule has 0 saturated carbocycles.